The third kappa shape index (κ3) is 2.90. The topological polar surface area (TPSA) is 86.8 Å². The lowest BCUT2D eigenvalue weighted by molar-refractivity contribution is 0.448. The van der Waals surface area contributed by atoms with E-state index in [-0.39, 0.29) is 5.88 Å². The third-order valence-corrected chi connectivity index (χ3v) is 5.15. The SMILES string of the molecule is N#Cn1c(O)c(-c2cc(NCc3ccncc3)c3ccccc3n2)c2ccccc21. The van der Waals surface area contributed by atoms with Crippen LogP contribution in [0.15, 0.2) is 79.1 Å². The van der Waals surface area contributed by atoms with E-state index >= 15 is 0 Å². The fourth-order valence-electron chi connectivity index (χ4n) is 3.73. The van der Waals surface area contributed by atoms with E-state index in [0.717, 1.165) is 27.5 Å². The smallest absolute Gasteiger partial charge is 0.215 e. The number of pyridine rings is 2. The summed E-state index contributed by atoms with van der Waals surface area (Å²) in [7, 11) is 0. The van der Waals surface area contributed by atoms with Gasteiger partial charge in [-0.05, 0) is 35.9 Å². The predicted octanol–water partition coefficient (Wildman–Crippen LogP) is 4.90. The van der Waals surface area contributed by atoms with Gasteiger partial charge in [-0.1, -0.05) is 36.4 Å². The molecule has 2 N–H and O–H groups in total. The molecule has 0 aliphatic rings. The van der Waals surface area contributed by atoms with E-state index in [2.05, 4.69) is 10.3 Å². The molecule has 0 aliphatic carbocycles. The number of hydrogen-bond donors (Lipinski definition) is 2. The van der Waals surface area contributed by atoms with Crippen molar-refractivity contribution < 1.29 is 5.11 Å². The van der Waals surface area contributed by atoms with Crippen molar-refractivity contribution in [2.45, 2.75) is 6.54 Å². The molecule has 2 aromatic carbocycles. The molecule has 0 saturated carbocycles. The standard InChI is InChI=1S/C24H17N5O/c25-15-29-22-8-4-2-6-18(22)23(24(29)30)21-13-20(17-5-1-3-7-19(17)28-21)27-14-16-9-11-26-12-10-16/h1-13,30H,14H2,(H,27,28). The Morgan fingerprint density at radius 1 is 0.967 bits per heavy atom. The molecule has 6 heteroatoms. The molecule has 0 bridgehead atoms. The monoisotopic (exact) mass is 391 g/mol. The van der Waals surface area contributed by atoms with Crippen molar-refractivity contribution in [2.24, 2.45) is 0 Å². The van der Waals surface area contributed by atoms with Crippen molar-refractivity contribution in [3.63, 3.8) is 0 Å². The molecule has 0 fully saturated rings. The lowest BCUT2D eigenvalue weighted by atomic mass is 10.1. The van der Waals surface area contributed by atoms with E-state index in [1.54, 1.807) is 12.4 Å². The van der Waals surface area contributed by atoms with Gasteiger partial charge in [0.05, 0.1) is 22.3 Å². The van der Waals surface area contributed by atoms with E-state index in [4.69, 9.17) is 4.98 Å². The second kappa shape index (κ2) is 7.22. The van der Waals surface area contributed by atoms with Gasteiger partial charge in [0.15, 0.2) is 6.19 Å². The number of benzene rings is 2. The number of hydrogen-bond acceptors (Lipinski definition) is 5. The van der Waals surface area contributed by atoms with Gasteiger partial charge in [-0.3, -0.25) is 4.98 Å². The van der Waals surface area contributed by atoms with Gasteiger partial charge in [0.1, 0.15) is 0 Å². The maximum absolute atomic E-state index is 10.8. The zero-order valence-electron chi connectivity index (χ0n) is 15.9. The quantitative estimate of drug-likeness (QED) is 0.455. The Bertz CT molecular complexity index is 1420. The van der Waals surface area contributed by atoms with Crippen LogP contribution in [0, 0.1) is 11.5 Å². The molecule has 0 unspecified atom stereocenters. The van der Waals surface area contributed by atoms with Crippen molar-refractivity contribution in [1.82, 2.24) is 14.5 Å². The minimum Gasteiger partial charge on any atom is -0.493 e. The van der Waals surface area contributed by atoms with Gasteiger partial charge in [-0.2, -0.15) is 5.26 Å². The van der Waals surface area contributed by atoms with E-state index < -0.39 is 0 Å². The highest BCUT2D eigenvalue weighted by molar-refractivity contribution is 6.02. The Morgan fingerprint density at radius 3 is 2.50 bits per heavy atom. The van der Waals surface area contributed by atoms with Crippen LogP contribution in [0.4, 0.5) is 5.69 Å². The van der Waals surface area contributed by atoms with E-state index in [0.29, 0.717) is 23.3 Å². The maximum atomic E-state index is 10.8. The van der Waals surface area contributed by atoms with Crippen LogP contribution in [-0.2, 0) is 6.54 Å². The van der Waals surface area contributed by atoms with Gasteiger partial charge in [0, 0.05) is 35.4 Å². The Kier molecular flexibility index (Phi) is 4.26. The van der Waals surface area contributed by atoms with Crippen LogP contribution >= 0.6 is 0 Å². The number of para-hydroxylation sites is 2. The van der Waals surface area contributed by atoms with Gasteiger partial charge >= 0.3 is 0 Å². The fraction of sp³-hybridized carbons (Fsp3) is 0.0417. The molecule has 3 heterocycles. The highest BCUT2D eigenvalue weighted by Gasteiger charge is 2.20. The van der Waals surface area contributed by atoms with Gasteiger partial charge in [0.2, 0.25) is 5.88 Å². The maximum Gasteiger partial charge on any atom is 0.215 e. The molecule has 0 radical (unpaired) electrons. The van der Waals surface area contributed by atoms with Gasteiger partial charge in [0.25, 0.3) is 0 Å². The average molecular weight is 391 g/mol. The van der Waals surface area contributed by atoms with Crippen LogP contribution in [0.3, 0.4) is 0 Å². The molecule has 144 valence electrons. The molecular formula is C24H17N5O. The molecule has 0 saturated heterocycles. The van der Waals surface area contributed by atoms with Crippen LogP contribution < -0.4 is 5.32 Å². The van der Waals surface area contributed by atoms with Crippen LogP contribution in [0.5, 0.6) is 5.88 Å². The van der Waals surface area contributed by atoms with Crippen molar-refractivity contribution in [2.75, 3.05) is 5.32 Å². The number of aromatic hydroxyl groups is 1. The summed E-state index contributed by atoms with van der Waals surface area (Å²) in [6.07, 6.45) is 5.58. The average Bonchev–Trinajstić information content (AvgIpc) is 3.09. The Morgan fingerprint density at radius 2 is 1.70 bits per heavy atom. The van der Waals surface area contributed by atoms with Crippen molar-refractivity contribution in [3.05, 3.63) is 84.7 Å². The van der Waals surface area contributed by atoms with Crippen LogP contribution in [0.1, 0.15) is 5.56 Å². The summed E-state index contributed by atoms with van der Waals surface area (Å²) in [6.45, 7) is 0.627. The van der Waals surface area contributed by atoms with E-state index in [1.165, 1.54) is 4.57 Å². The summed E-state index contributed by atoms with van der Waals surface area (Å²) in [5.41, 5.74) is 4.62. The van der Waals surface area contributed by atoms with Crippen molar-refractivity contribution in [3.8, 4) is 23.3 Å². The third-order valence-electron chi connectivity index (χ3n) is 5.15. The molecule has 5 rings (SSSR count). The van der Waals surface area contributed by atoms with Gasteiger partial charge in [-0.15, -0.1) is 0 Å². The molecule has 0 aliphatic heterocycles. The second-order valence-electron chi connectivity index (χ2n) is 6.93. The number of nitrogens with one attached hydrogen (secondary N) is 1. The van der Waals surface area contributed by atoms with Crippen molar-refractivity contribution >= 4 is 27.5 Å². The minimum absolute atomic E-state index is 0.110. The molecule has 0 atom stereocenters. The minimum atomic E-state index is -0.110. The van der Waals surface area contributed by atoms with Crippen LogP contribution in [-0.4, -0.2) is 19.6 Å². The first-order valence-electron chi connectivity index (χ1n) is 9.51. The number of fused-ring (bicyclic) bond motifs is 2. The summed E-state index contributed by atoms with van der Waals surface area (Å²) < 4.78 is 1.23. The molecule has 0 amide bonds. The lowest BCUT2D eigenvalue weighted by Gasteiger charge is -2.12. The molecule has 0 spiro atoms. The van der Waals surface area contributed by atoms with E-state index in [9.17, 15) is 10.4 Å². The first-order chi connectivity index (χ1) is 14.8. The molecular weight excluding hydrogens is 374 g/mol. The first-order valence-corrected chi connectivity index (χ1v) is 9.51. The van der Waals surface area contributed by atoms with Crippen molar-refractivity contribution in [1.29, 1.82) is 5.26 Å². The summed E-state index contributed by atoms with van der Waals surface area (Å²) in [5.74, 6) is -0.110. The molecule has 5 aromatic rings. The van der Waals surface area contributed by atoms with Gasteiger partial charge < -0.3 is 10.4 Å². The Balaban J connectivity index is 1.69. The lowest BCUT2D eigenvalue weighted by Crippen LogP contribution is -2.01. The normalized spacial score (nSPS) is 10.9. The number of aromatic nitrogens is 3. The zero-order chi connectivity index (χ0) is 20.5. The first kappa shape index (κ1) is 17.7. The van der Waals surface area contributed by atoms with E-state index in [1.807, 2.05) is 72.9 Å². The number of nitrogens with zero attached hydrogens (tertiary/aromatic N) is 4. The zero-order valence-corrected chi connectivity index (χ0v) is 15.9. The summed E-state index contributed by atoms with van der Waals surface area (Å²) in [5, 5.41) is 25.6. The Labute approximate surface area is 172 Å². The summed E-state index contributed by atoms with van der Waals surface area (Å²) in [6, 6.07) is 21.1. The highest BCUT2D eigenvalue weighted by Crippen LogP contribution is 2.40. The van der Waals surface area contributed by atoms with Crippen LogP contribution in [0.2, 0.25) is 0 Å². The molecule has 30 heavy (non-hydrogen) atoms. The fourth-order valence-corrected chi connectivity index (χ4v) is 3.73. The largest absolute Gasteiger partial charge is 0.493 e. The van der Waals surface area contributed by atoms with Gasteiger partial charge in [-0.25, -0.2) is 9.55 Å². The summed E-state index contributed by atoms with van der Waals surface area (Å²) >= 11 is 0. The second-order valence-corrected chi connectivity index (χ2v) is 6.93. The predicted molar refractivity (Wildman–Crippen MR) is 117 cm³/mol. The number of nitriles is 1. The Hall–Kier alpha value is -4.37. The van der Waals surface area contributed by atoms with Crippen LogP contribution in [0.25, 0.3) is 33.1 Å². The number of anilines is 1. The number of rotatable bonds is 4. The highest BCUT2D eigenvalue weighted by atomic mass is 16.3. The summed E-state index contributed by atoms with van der Waals surface area (Å²) in [4.78, 5) is 8.85. The molecule has 3 aromatic heterocycles. The molecule has 6 nitrogen and oxygen atoms in total.